The van der Waals surface area contributed by atoms with Crippen LogP contribution >= 0.6 is 0 Å². The van der Waals surface area contributed by atoms with E-state index in [4.69, 9.17) is 0 Å². The van der Waals surface area contributed by atoms with Crippen LogP contribution in [-0.2, 0) is 9.59 Å². The maximum atomic E-state index is 11.6. The minimum absolute atomic E-state index is 0.0431. The fourth-order valence-electron chi connectivity index (χ4n) is 1.97. The summed E-state index contributed by atoms with van der Waals surface area (Å²) in [6.45, 7) is 13.8. The molecule has 0 fully saturated rings. The van der Waals surface area contributed by atoms with Crippen LogP contribution in [0.4, 0.5) is 0 Å². The Hall–Kier alpha value is -1.06. The predicted octanol–water partition coefficient (Wildman–Crippen LogP) is 3.26. The molecule has 0 saturated carbocycles. The van der Waals surface area contributed by atoms with E-state index in [9.17, 15) is 9.59 Å². The van der Waals surface area contributed by atoms with Crippen molar-refractivity contribution in [3.05, 3.63) is 0 Å². The van der Waals surface area contributed by atoms with E-state index < -0.39 is 0 Å². The molecule has 0 spiro atoms. The third-order valence-electron chi connectivity index (χ3n) is 2.88. The molecular weight excluding hydrogens is 264 g/mol. The third kappa shape index (κ3) is 15.2. The summed E-state index contributed by atoms with van der Waals surface area (Å²) in [6, 6.07) is 0. The average Bonchev–Trinajstić information content (AvgIpc) is 2.22. The largest absolute Gasteiger partial charge is 0.356 e. The number of nitrogens with one attached hydrogen (secondary N) is 2. The van der Waals surface area contributed by atoms with Gasteiger partial charge in [0.1, 0.15) is 0 Å². The minimum atomic E-state index is 0.0431. The Kier molecular flexibility index (Phi) is 8.60. The minimum Gasteiger partial charge on any atom is -0.356 e. The molecule has 0 aliphatic carbocycles. The first-order valence-corrected chi connectivity index (χ1v) is 8.03. The van der Waals surface area contributed by atoms with Crippen molar-refractivity contribution >= 4 is 11.8 Å². The first kappa shape index (κ1) is 19.9. The van der Waals surface area contributed by atoms with Crippen LogP contribution < -0.4 is 10.6 Å². The van der Waals surface area contributed by atoms with Crippen molar-refractivity contribution in [2.45, 2.75) is 73.6 Å². The topological polar surface area (TPSA) is 58.2 Å². The number of hydrogen-bond donors (Lipinski definition) is 2. The van der Waals surface area contributed by atoms with Gasteiger partial charge in [-0.15, -0.1) is 0 Å². The summed E-state index contributed by atoms with van der Waals surface area (Å²) in [5.74, 6) is 0.252. The molecule has 0 heterocycles. The lowest BCUT2D eigenvalue weighted by Gasteiger charge is -2.17. The highest BCUT2D eigenvalue weighted by Gasteiger charge is 2.16. The molecular formula is C17H34N2O2. The highest BCUT2D eigenvalue weighted by Crippen LogP contribution is 2.18. The quantitative estimate of drug-likeness (QED) is 0.676. The Morgan fingerprint density at radius 3 is 1.29 bits per heavy atom. The van der Waals surface area contributed by atoms with Crippen molar-refractivity contribution in [2.24, 2.45) is 10.8 Å². The lowest BCUT2D eigenvalue weighted by molar-refractivity contribution is -0.123. The van der Waals surface area contributed by atoms with Gasteiger partial charge in [-0.3, -0.25) is 9.59 Å². The highest BCUT2D eigenvalue weighted by atomic mass is 16.2. The van der Waals surface area contributed by atoms with Crippen LogP contribution in [0.3, 0.4) is 0 Å². The molecule has 2 amide bonds. The van der Waals surface area contributed by atoms with Crippen LogP contribution in [0.15, 0.2) is 0 Å². The van der Waals surface area contributed by atoms with Crippen molar-refractivity contribution in [3.63, 3.8) is 0 Å². The van der Waals surface area contributed by atoms with Crippen LogP contribution in [0.1, 0.15) is 73.6 Å². The van der Waals surface area contributed by atoms with Gasteiger partial charge in [0.05, 0.1) is 0 Å². The molecule has 0 bridgehead atoms. The highest BCUT2D eigenvalue weighted by molar-refractivity contribution is 5.76. The molecule has 0 aliphatic rings. The molecule has 0 aromatic carbocycles. The lowest BCUT2D eigenvalue weighted by Crippen LogP contribution is -2.29. The molecule has 4 nitrogen and oxygen atoms in total. The zero-order valence-electron chi connectivity index (χ0n) is 14.8. The van der Waals surface area contributed by atoms with Crippen LogP contribution in [0, 0.1) is 10.8 Å². The van der Waals surface area contributed by atoms with E-state index in [-0.39, 0.29) is 22.6 Å². The van der Waals surface area contributed by atoms with Gasteiger partial charge in [0.2, 0.25) is 11.8 Å². The van der Waals surface area contributed by atoms with Gasteiger partial charge in [0.15, 0.2) is 0 Å². The molecule has 0 radical (unpaired) electrons. The van der Waals surface area contributed by atoms with Crippen LogP contribution in [0.5, 0.6) is 0 Å². The second-order valence-corrected chi connectivity index (χ2v) is 8.24. The van der Waals surface area contributed by atoms with Crippen molar-refractivity contribution in [1.29, 1.82) is 0 Å². The van der Waals surface area contributed by atoms with E-state index in [0.717, 1.165) is 32.4 Å². The molecule has 0 unspecified atom stereocenters. The second-order valence-electron chi connectivity index (χ2n) is 8.24. The summed E-state index contributed by atoms with van der Waals surface area (Å²) in [6.07, 6.45) is 4.08. The fourth-order valence-corrected chi connectivity index (χ4v) is 1.97. The van der Waals surface area contributed by atoms with Crippen molar-refractivity contribution in [3.8, 4) is 0 Å². The molecule has 0 aromatic heterocycles. The second kappa shape index (κ2) is 9.06. The summed E-state index contributed by atoms with van der Waals surface area (Å²) in [5, 5.41) is 5.89. The average molecular weight is 298 g/mol. The number of amides is 2. The Morgan fingerprint density at radius 1 is 0.667 bits per heavy atom. The molecule has 124 valence electrons. The summed E-state index contributed by atoms with van der Waals surface area (Å²) in [7, 11) is 0. The van der Waals surface area contributed by atoms with Gasteiger partial charge in [0, 0.05) is 25.9 Å². The summed E-state index contributed by atoms with van der Waals surface area (Å²) < 4.78 is 0. The number of hydrogen-bond acceptors (Lipinski definition) is 2. The Morgan fingerprint density at radius 2 is 1.00 bits per heavy atom. The smallest absolute Gasteiger partial charge is 0.220 e. The molecule has 0 saturated heterocycles. The molecule has 0 aromatic rings. The molecule has 21 heavy (non-hydrogen) atoms. The fraction of sp³-hybridized carbons (Fsp3) is 0.882. The Bertz CT molecular complexity index is 293. The number of unbranched alkanes of at least 4 members (excludes halogenated alkanes) is 2. The van der Waals surface area contributed by atoms with Gasteiger partial charge < -0.3 is 10.6 Å². The van der Waals surface area contributed by atoms with Crippen LogP contribution in [-0.4, -0.2) is 24.9 Å². The normalized spacial score (nSPS) is 12.1. The van der Waals surface area contributed by atoms with Gasteiger partial charge in [0.25, 0.3) is 0 Å². The van der Waals surface area contributed by atoms with Crippen LogP contribution in [0.2, 0.25) is 0 Å². The van der Waals surface area contributed by atoms with Crippen molar-refractivity contribution in [1.82, 2.24) is 10.6 Å². The predicted molar refractivity (Wildman–Crippen MR) is 88.0 cm³/mol. The van der Waals surface area contributed by atoms with E-state index in [1.54, 1.807) is 0 Å². The van der Waals surface area contributed by atoms with E-state index >= 15 is 0 Å². The Labute approximate surface area is 130 Å². The van der Waals surface area contributed by atoms with Gasteiger partial charge in [-0.2, -0.15) is 0 Å². The monoisotopic (exact) mass is 298 g/mol. The van der Waals surface area contributed by atoms with Crippen molar-refractivity contribution in [2.75, 3.05) is 13.1 Å². The first-order valence-electron chi connectivity index (χ1n) is 8.03. The molecule has 0 aliphatic heterocycles. The van der Waals surface area contributed by atoms with Crippen molar-refractivity contribution < 1.29 is 9.59 Å². The van der Waals surface area contributed by atoms with Gasteiger partial charge in [-0.1, -0.05) is 41.5 Å². The number of carbonyl (C=O) groups is 2. The summed E-state index contributed by atoms with van der Waals surface area (Å²) in [5.41, 5.74) is 0.0861. The Balaban J connectivity index is 3.49. The van der Waals surface area contributed by atoms with Gasteiger partial charge in [-0.05, 0) is 30.1 Å². The zero-order valence-corrected chi connectivity index (χ0v) is 14.8. The summed E-state index contributed by atoms with van der Waals surface area (Å²) in [4.78, 5) is 23.2. The maximum Gasteiger partial charge on any atom is 0.220 e. The number of rotatable bonds is 8. The molecule has 2 N–H and O–H groups in total. The molecule has 0 rings (SSSR count). The van der Waals surface area contributed by atoms with E-state index in [1.165, 1.54) is 0 Å². The van der Waals surface area contributed by atoms with E-state index in [1.807, 2.05) is 0 Å². The maximum absolute atomic E-state index is 11.6. The standard InChI is InChI=1S/C17H34N2O2/c1-16(2,3)12-14(20)18-10-8-7-9-11-19-15(21)13-17(4,5)6/h7-13H2,1-6H3,(H,18,20)(H,19,21). The first-order chi connectivity index (χ1) is 9.49. The third-order valence-corrected chi connectivity index (χ3v) is 2.88. The molecule has 0 atom stereocenters. The lowest BCUT2D eigenvalue weighted by atomic mass is 9.92. The van der Waals surface area contributed by atoms with Crippen LogP contribution in [0.25, 0.3) is 0 Å². The van der Waals surface area contributed by atoms with E-state index in [2.05, 4.69) is 52.2 Å². The molecule has 4 heteroatoms. The number of carbonyl (C=O) groups excluding carboxylic acids is 2. The van der Waals surface area contributed by atoms with Gasteiger partial charge >= 0.3 is 0 Å². The zero-order chi connectivity index (χ0) is 16.5. The van der Waals surface area contributed by atoms with Gasteiger partial charge in [-0.25, -0.2) is 0 Å². The van der Waals surface area contributed by atoms with E-state index in [0.29, 0.717) is 12.8 Å². The SMILES string of the molecule is CC(C)(C)CC(=O)NCCCCCNC(=O)CC(C)(C)C. The summed E-state index contributed by atoms with van der Waals surface area (Å²) >= 11 is 0.